The van der Waals surface area contributed by atoms with E-state index in [2.05, 4.69) is 11.2 Å². The molecule has 0 radical (unpaired) electrons. The lowest BCUT2D eigenvalue weighted by Gasteiger charge is -2.29. The number of para-hydroxylation sites is 1. The molecule has 2 aromatic carbocycles. The van der Waals surface area contributed by atoms with Gasteiger partial charge in [0.25, 0.3) is 5.91 Å². The number of carbonyl (C=O) groups excluding carboxylic acids is 1. The molecule has 0 spiro atoms. The number of aryl methyl sites for hydroxylation is 2. The van der Waals surface area contributed by atoms with Crippen LogP contribution in [0.3, 0.4) is 0 Å². The smallest absolute Gasteiger partial charge is 0.263 e. The Bertz CT molecular complexity index is 1010. The number of amides is 1. The third-order valence-electron chi connectivity index (χ3n) is 4.91. The minimum absolute atomic E-state index is 0.102. The molecule has 2 heterocycles. The molecule has 138 valence electrons. The van der Waals surface area contributed by atoms with Crippen LogP contribution in [0.25, 0.3) is 0 Å². The summed E-state index contributed by atoms with van der Waals surface area (Å²) in [6.07, 6.45) is 1.92. The number of carbonyl (C=O) groups is 1. The highest BCUT2D eigenvalue weighted by molar-refractivity contribution is 6.34. The molecule has 1 aromatic heterocycles. The largest absolute Gasteiger partial charge is 0.308 e. The fourth-order valence-corrected chi connectivity index (χ4v) is 4.08. The Balaban J connectivity index is 1.68. The van der Waals surface area contributed by atoms with Crippen LogP contribution in [0.5, 0.6) is 0 Å². The van der Waals surface area contributed by atoms with Gasteiger partial charge in [-0.3, -0.25) is 4.79 Å². The van der Waals surface area contributed by atoms with E-state index in [-0.39, 0.29) is 5.91 Å². The molecule has 0 saturated carbocycles. The van der Waals surface area contributed by atoms with Gasteiger partial charge in [0, 0.05) is 17.3 Å². The molecule has 1 amide bonds. The molecule has 0 bridgehead atoms. The highest BCUT2D eigenvalue weighted by Crippen LogP contribution is 2.31. The van der Waals surface area contributed by atoms with Crippen LogP contribution in [0.2, 0.25) is 10.2 Å². The van der Waals surface area contributed by atoms with Gasteiger partial charge in [-0.05, 0) is 43.0 Å². The first kappa shape index (κ1) is 18.1. The number of halogens is 2. The zero-order valence-electron chi connectivity index (χ0n) is 15.0. The number of anilines is 1. The first-order valence-electron chi connectivity index (χ1n) is 8.92. The zero-order valence-corrected chi connectivity index (χ0v) is 16.5. The van der Waals surface area contributed by atoms with Gasteiger partial charge in [-0.2, -0.15) is 5.10 Å². The maximum absolute atomic E-state index is 13.3. The SMILES string of the molecule is Cc1nn(Cc2ccccc2Cl)c(Cl)c1C(=O)N1CCCc2ccccc21. The average Bonchev–Trinajstić information content (AvgIpc) is 2.96. The molecule has 0 fully saturated rings. The van der Waals surface area contributed by atoms with Crippen molar-refractivity contribution < 1.29 is 4.79 Å². The average molecular weight is 400 g/mol. The van der Waals surface area contributed by atoms with Crippen molar-refractivity contribution in [2.45, 2.75) is 26.3 Å². The number of hydrogen-bond donors (Lipinski definition) is 0. The number of nitrogens with zero attached hydrogens (tertiary/aromatic N) is 3. The third-order valence-corrected chi connectivity index (χ3v) is 5.67. The van der Waals surface area contributed by atoms with Crippen LogP contribution in [0.1, 0.15) is 33.6 Å². The summed E-state index contributed by atoms with van der Waals surface area (Å²) in [4.78, 5) is 15.1. The van der Waals surface area contributed by atoms with Crippen LogP contribution < -0.4 is 4.90 Å². The fraction of sp³-hybridized carbons (Fsp3) is 0.238. The molecule has 4 rings (SSSR count). The molecular weight excluding hydrogens is 381 g/mol. The molecule has 1 aliphatic rings. The van der Waals surface area contributed by atoms with E-state index in [1.54, 1.807) is 4.68 Å². The zero-order chi connectivity index (χ0) is 19.0. The van der Waals surface area contributed by atoms with Crippen LogP contribution in [-0.4, -0.2) is 22.2 Å². The van der Waals surface area contributed by atoms with Crippen LogP contribution in [0, 0.1) is 6.92 Å². The maximum atomic E-state index is 13.3. The highest BCUT2D eigenvalue weighted by Gasteiger charge is 2.28. The second-order valence-electron chi connectivity index (χ2n) is 6.69. The fourth-order valence-electron chi connectivity index (χ4n) is 3.57. The summed E-state index contributed by atoms with van der Waals surface area (Å²) in [5, 5.41) is 5.50. The highest BCUT2D eigenvalue weighted by atomic mass is 35.5. The lowest BCUT2D eigenvalue weighted by atomic mass is 10.0. The van der Waals surface area contributed by atoms with E-state index in [4.69, 9.17) is 23.2 Å². The standard InChI is InChI=1S/C21H19Cl2N3O/c1-14-19(20(23)26(24-14)13-16-8-2-4-10-17(16)22)21(27)25-12-6-9-15-7-3-5-11-18(15)25/h2-5,7-8,10-11H,6,9,12-13H2,1H3. The quantitative estimate of drug-likeness (QED) is 0.611. The number of benzene rings is 2. The van der Waals surface area contributed by atoms with Crippen LogP contribution in [-0.2, 0) is 13.0 Å². The van der Waals surface area contributed by atoms with E-state index >= 15 is 0 Å². The normalized spacial score (nSPS) is 13.5. The van der Waals surface area contributed by atoms with Crippen LogP contribution >= 0.6 is 23.2 Å². The summed E-state index contributed by atoms with van der Waals surface area (Å²) < 4.78 is 1.64. The van der Waals surface area contributed by atoms with E-state index in [0.717, 1.165) is 24.1 Å². The van der Waals surface area contributed by atoms with E-state index in [0.29, 0.717) is 34.5 Å². The van der Waals surface area contributed by atoms with E-state index < -0.39 is 0 Å². The maximum Gasteiger partial charge on any atom is 0.263 e. The lowest BCUT2D eigenvalue weighted by molar-refractivity contribution is 0.0984. The van der Waals surface area contributed by atoms with Crippen molar-refractivity contribution in [1.29, 1.82) is 0 Å². The van der Waals surface area contributed by atoms with E-state index in [1.807, 2.05) is 54.3 Å². The molecular formula is C21H19Cl2N3O. The minimum atomic E-state index is -0.102. The van der Waals surface area contributed by atoms with Crippen molar-refractivity contribution in [3.63, 3.8) is 0 Å². The molecule has 1 aliphatic heterocycles. The Hall–Kier alpha value is -2.30. The summed E-state index contributed by atoms with van der Waals surface area (Å²) in [5.74, 6) is -0.102. The Morgan fingerprint density at radius 1 is 1.11 bits per heavy atom. The lowest BCUT2D eigenvalue weighted by Crippen LogP contribution is -2.35. The molecule has 6 heteroatoms. The van der Waals surface area contributed by atoms with Gasteiger partial charge in [0.2, 0.25) is 0 Å². The van der Waals surface area contributed by atoms with E-state index in [1.165, 1.54) is 5.56 Å². The summed E-state index contributed by atoms with van der Waals surface area (Å²) >= 11 is 12.8. The predicted molar refractivity (Wildman–Crippen MR) is 109 cm³/mol. The van der Waals surface area contributed by atoms with Gasteiger partial charge in [-0.15, -0.1) is 0 Å². The van der Waals surface area contributed by atoms with Gasteiger partial charge in [0.15, 0.2) is 0 Å². The first-order valence-corrected chi connectivity index (χ1v) is 9.68. The van der Waals surface area contributed by atoms with Crippen LogP contribution in [0.4, 0.5) is 5.69 Å². The second kappa shape index (κ2) is 7.37. The molecule has 0 saturated heterocycles. The molecule has 27 heavy (non-hydrogen) atoms. The van der Waals surface area contributed by atoms with E-state index in [9.17, 15) is 4.79 Å². The molecule has 0 unspecified atom stereocenters. The number of aromatic nitrogens is 2. The van der Waals surface area contributed by atoms with Gasteiger partial charge in [0.05, 0.1) is 17.8 Å². The summed E-state index contributed by atoms with van der Waals surface area (Å²) in [6.45, 7) is 2.92. The van der Waals surface area contributed by atoms with Crippen molar-refractivity contribution in [3.05, 3.63) is 81.1 Å². The van der Waals surface area contributed by atoms with Gasteiger partial charge in [0.1, 0.15) is 5.15 Å². The molecule has 4 nitrogen and oxygen atoms in total. The summed E-state index contributed by atoms with van der Waals surface area (Å²) in [5.41, 5.74) is 4.14. The van der Waals surface area contributed by atoms with Gasteiger partial charge in [-0.1, -0.05) is 59.6 Å². The Morgan fingerprint density at radius 2 is 1.85 bits per heavy atom. The Morgan fingerprint density at radius 3 is 2.67 bits per heavy atom. The van der Waals surface area contributed by atoms with Crippen molar-refractivity contribution in [1.82, 2.24) is 9.78 Å². The summed E-state index contributed by atoms with van der Waals surface area (Å²) in [7, 11) is 0. The number of rotatable bonds is 3. The Kier molecular flexibility index (Phi) is 4.94. The van der Waals surface area contributed by atoms with Crippen molar-refractivity contribution >= 4 is 34.8 Å². The topological polar surface area (TPSA) is 38.1 Å². The van der Waals surface area contributed by atoms with Crippen molar-refractivity contribution in [3.8, 4) is 0 Å². The van der Waals surface area contributed by atoms with Crippen molar-refractivity contribution in [2.75, 3.05) is 11.4 Å². The summed E-state index contributed by atoms with van der Waals surface area (Å²) in [6, 6.07) is 15.6. The third kappa shape index (κ3) is 3.35. The van der Waals surface area contributed by atoms with Crippen LogP contribution in [0.15, 0.2) is 48.5 Å². The number of hydrogen-bond acceptors (Lipinski definition) is 2. The van der Waals surface area contributed by atoms with Crippen molar-refractivity contribution in [2.24, 2.45) is 0 Å². The van der Waals surface area contributed by atoms with Gasteiger partial charge in [-0.25, -0.2) is 4.68 Å². The van der Waals surface area contributed by atoms with Gasteiger partial charge < -0.3 is 4.90 Å². The second-order valence-corrected chi connectivity index (χ2v) is 7.45. The molecule has 0 N–H and O–H groups in total. The number of fused-ring (bicyclic) bond motifs is 1. The Labute approximate surface area is 168 Å². The monoisotopic (exact) mass is 399 g/mol. The minimum Gasteiger partial charge on any atom is -0.308 e. The van der Waals surface area contributed by atoms with Gasteiger partial charge >= 0.3 is 0 Å². The molecule has 3 aromatic rings. The first-order chi connectivity index (χ1) is 13.1. The molecule has 0 aliphatic carbocycles. The predicted octanol–water partition coefficient (Wildman–Crippen LogP) is 5.14. The molecule has 0 atom stereocenters.